The molecular formula is C16H18N+. The molecule has 0 saturated heterocycles. The number of aryl methyl sites for hydroxylation is 3. The van der Waals surface area contributed by atoms with E-state index in [0.717, 1.165) is 16.8 Å². The van der Waals surface area contributed by atoms with Crippen molar-refractivity contribution >= 4 is 0 Å². The molecule has 1 heteroatoms. The fraction of sp³-hybridized carbons (Fsp3) is 0.312. The third-order valence-electron chi connectivity index (χ3n) is 3.27. The van der Waals surface area contributed by atoms with Crippen molar-refractivity contribution in [1.82, 2.24) is 0 Å². The van der Waals surface area contributed by atoms with Gasteiger partial charge < -0.3 is 0 Å². The number of pyridine rings is 1. The quantitative estimate of drug-likeness (QED) is 0.661. The average Bonchev–Trinajstić information content (AvgIpc) is 2.56. The summed E-state index contributed by atoms with van der Waals surface area (Å²) in [5.41, 5.74) is 3.76. The Labute approximate surface area is 108 Å². The highest BCUT2D eigenvalue weighted by Gasteiger charge is 2.23. The Kier molecular flexibility index (Phi) is 1.63. The lowest BCUT2D eigenvalue weighted by atomic mass is 9.99. The van der Waals surface area contributed by atoms with Crippen molar-refractivity contribution in [2.24, 2.45) is 7.05 Å². The summed E-state index contributed by atoms with van der Waals surface area (Å²) in [6.07, 6.45) is -1.59. The second-order valence-corrected chi connectivity index (χ2v) is 4.41. The van der Waals surface area contributed by atoms with Crippen LogP contribution in [0.1, 0.15) is 28.6 Å². The van der Waals surface area contributed by atoms with Crippen molar-refractivity contribution in [2.45, 2.75) is 26.1 Å². The first-order chi connectivity index (χ1) is 9.74. The topological polar surface area (TPSA) is 3.88 Å². The zero-order chi connectivity index (χ0) is 15.4. The van der Waals surface area contributed by atoms with Crippen LogP contribution in [0.25, 0.3) is 11.3 Å². The normalized spacial score (nSPS) is 23.2. The highest BCUT2D eigenvalue weighted by molar-refractivity contribution is 5.65. The van der Waals surface area contributed by atoms with Gasteiger partial charge in [0, 0.05) is 22.7 Å². The monoisotopic (exact) mass is 228 g/mol. The van der Waals surface area contributed by atoms with Gasteiger partial charge in [-0.15, -0.1) is 0 Å². The van der Waals surface area contributed by atoms with E-state index in [2.05, 4.69) is 0 Å². The molecule has 1 heterocycles. The minimum absolute atomic E-state index is 0.127. The fourth-order valence-electron chi connectivity index (χ4n) is 2.37. The van der Waals surface area contributed by atoms with E-state index in [4.69, 9.17) is 5.48 Å². The van der Waals surface area contributed by atoms with E-state index in [1.165, 1.54) is 0 Å². The second kappa shape index (κ2) is 3.99. The van der Waals surface area contributed by atoms with Crippen molar-refractivity contribution in [3.05, 3.63) is 53.2 Å². The van der Waals surface area contributed by atoms with Crippen molar-refractivity contribution in [3.63, 3.8) is 0 Å². The van der Waals surface area contributed by atoms with Crippen LogP contribution in [0.2, 0.25) is 0 Å². The summed E-state index contributed by atoms with van der Waals surface area (Å²) in [4.78, 5) is 0. The van der Waals surface area contributed by atoms with E-state index in [1.54, 1.807) is 6.07 Å². The molecule has 1 aliphatic carbocycles. The van der Waals surface area contributed by atoms with Crippen LogP contribution < -0.4 is 4.57 Å². The summed E-state index contributed by atoms with van der Waals surface area (Å²) in [6, 6.07) is 9.56. The molecule has 0 atom stereocenters. The van der Waals surface area contributed by atoms with Crippen LogP contribution in [0.5, 0.6) is 0 Å². The van der Waals surface area contributed by atoms with Crippen molar-refractivity contribution < 1.29 is 10.1 Å². The Hall–Kier alpha value is -1.63. The fourth-order valence-corrected chi connectivity index (χ4v) is 2.37. The molecule has 1 aliphatic rings. The molecular weight excluding hydrogens is 206 g/mol. The maximum atomic E-state index is 8.29. The second-order valence-electron chi connectivity index (χ2n) is 4.41. The standard InChI is InChI=1S/C16H18N/c1-12-6-3-4-8-14(12)16-15-9-5-7-13(15)10-11-17(16)2/h3-4,6,8,10-11H,5,7,9H2,1-2H3/q+1/i7D2,9D2. The number of hydrogen-bond donors (Lipinski definition) is 0. The molecule has 1 aromatic carbocycles. The largest absolute Gasteiger partial charge is 0.216 e. The summed E-state index contributed by atoms with van der Waals surface area (Å²) in [5, 5.41) is 0. The van der Waals surface area contributed by atoms with Gasteiger partial charge in [-0.2, -0.15) is 0 Å². The molecule has 0 saturated carbocycles. The van der Waals surface area contributed by atoms with Crippen molar-refractivity contribution in [2.75, 3.05) is 0 Å². The Morgan fingerprint density at radius 1 is 1.18 bits per heavy atom. The van der Waals surface area contributed by atoms with Gasteiger partial charge in [0.2, 0.25) is 5.69 Å². The van der Waals surface area contributed by atoms with Gasteiger partial charge in [0.25, 0.3) is 0 Å². The van der Waals surface area contributed by atoms with Crippen LogP contribution in [-0.4, -0.2) is 0 Å². The van der Waals surface area contributed by atoms with Crippen LogP contribution in [0, 0.1) is 6.92 Å². The zero-order valence-corrected chi connectivity index (χ0v) is 10.1. The first-order valence-electron chi connectivity index (χ1n) is 7.84. The molecule has 0 aliphatic heterocycles. The molecule has 1 aromatic heterocycles. The average molecular weight is 228 g/mol. The number of fused-ring (bicyclic) bond motifs is 1. The molecule has 0 spiro atoms. The number of rotatable bonds is 1. The lowest BCUT2D eigenvalue weighted by Gasteiger charge is -2.08. The summed E-state index contributed by atoms with van der Waals surface area (Å²) in [7, 11) is 1.88. The minimum atomic E-state index is -1.66. The van der Waals surface area contributed by atoms with Gasteiger partial charge in [-0.3, -0.25) is 0 Å². The maximum Gasteiger partial charge on any atom is 0.216 e. The Bertz CT molecular complexity index is 722. The van der Waals surface area contributed by atoms with E-state index in [-0.39, 0.29) is 6.42 Å². The Balaban J connectivity index is 2.39. The predicted molar refractivity (Wildman–Crippen MR) is 69.8 cm³/mol. The number of hydrogen-bond acceptors (Lipinski definition) is 0. The molecule has 17 heavy (non-hydrogen) atoms. The van der Waals surface area contributed by atoms with E-state index in [1.807, 2.05) is 49.0 Å². The summed E-state index contributed by atoms with van der Waals surface area (Å²) >= 11 is 0. The third kappa shape index (κ3) is 1.66. The minimum Gasteiger partial charge on any atom is -0.201 e. The van der Waals surface area contributed by atoms with Gasteiger partial charge >= 0.3 is 0 Å². The molecule has 0 radical (unpaired) electrons. The SMILES string of the molecule is [2H]C1([2H])CC([2H])([2H])c2c1cc[n+](C)c2-c1ccccc1C. The molecule has 1 nitrogen and oxygen atoms in total. The van der Waals surface area contributed by atoms with Crippen LogP contribution in [0.4, 0.5) is 0 Å². The summed E-state index contributed by atoms with van der Waals surface area (Å²) < 4.78 is 34.7. The van der Waals surface area contributed by atoms with Crippen LogP contribution in [0.15, 0.2) is 36.5 Å². The number of benzene rings is 1. The van der Waals surface area contributed by atoms with E-state index >= 15 is 0 Å². The van der Waals surface area contributed by atoms with Crippen LogP contribution >= 0.6 is 0 Å². The highest BCUT2D eigenvalue weighted by Crippen LogP contribution is 2.30. The molecule has 86 valence electrons. The molecule has 0 amide bonds. The van der Waals surface area contributed by atoms with Crippen molar-refractivity contribution in [3.8, 4) is 11.3 Å². The highest BCUT2D eigenvalue weighted by atomic mass is 14.9. The Morgan fingerprint density at radius 2 is 2.00 bits per heavy atom. The molecule has 2 aromatic rings. The van der Waals surface area contributed by atoms with Crippen LogP contribution in [-0.2, 0) is 19.8 Å². The maximum absolute atomic E-state index is 8.29. The first kappa shape index (κ1) is 6.95. The molecule has 0 bridgehead atoms. The lowest BCUT2D eigenvalue weighted by molar-refractivity contribution is -0.660. The van der Waals surface area contributed by atoms with Gasteiger partial charge in [0.05, 0.1) is 0 Å². The third-order valence-corrected chi connectivity index (χ3v) is 3.27. The Morgan fingerprint density at radius 3 is 2.82 bits per heavy atom. The van der Waals surface area contributed by atoms with Gasteiger partial charge in [0.1, 0.15) is 7.05 Å². The zero-order valence-electron chi connectivity index (χ0n) is 14.1. The number of nitrogens with zero attached hydrogens (tertiary/aromatic N) is 1. The van der Waals surface area contributed by atoms with Crippen molar-refractivity contribution in [1.29, 1.82) is 0 Å². The first-order valence-corrected chi connectivity index (χ1v) is 5.84. The molecule has 3 rings (SSSR count). The van der Waals surface area contributed by atoms with Gasteiger partial charge in [-0.25, -0.2) is 4.57 Å². The van der Waals surface area contributed by atoms with E-state index in [0.29, 0.717) is 11.1 Å². The van der Waals surface area contributed by atoms with Gasteiger partial charge in [-0.05, 0) is 43.3 Å². The number of aromatic nitrogens is 1. The smallest absolute Gasteiger partial charge is 0.201 e. The molecule has 0 N–H and O–H groups in total. The molecule has 0 unspecified atom stereocenters. The lowest BCUT2D eigenvalue weighted by Crippen LogP contribution is -2.32. The van der Waals surface area contributed by atoms with Crippen LogP contribution in [0.3, 0.4) is 0 Å². The summed E-state index contributed by atoms with van der Waals surface area (Å²) in [5.74, 6) is 0. The summed E-state index contributed by atoms with van der Waals surface area (Å²) in [6.45, 7) is 1.99. The molecule has 0 fully saturated rings. The van der Waals surface area contributed by atoms with E-state index in [9.17, 15) is 0 Å². The van der Waals surface area contributed by atoms with Gasteiger partial charge in [0.15, 0.2) is 6.20 Å². The van der Waals surface area contributed by atoms with Gasteiger partial charge in [-0.1, -0.05) is 18.2 Å². The predicted octanol–water partition coefficient (Wildman–Crippen LogP) is 2.98. The van der Waals surface area contributed by atoms with E-state index < -0.39 is 12.7 Å².